The lowest BCUT2D eigenvalue weighted by atomic mass is 10.1. The molecule has 0 spiro atoms. The van der Waals surface area contributed by atoms with E-state index >= 15 is 0 Å². The van der Waals surface area contributed by atoms with E-state index in [9.17, 15) is 10.1 Å². The zero-order chi connectivity index (χ0) is 13.1. The summed E-state index contributed by atoms with van der Waals surface area (Å²) in [7, 11) is 1.56. The first-order chi connectivity index (χ1) is 7.83. The van der Waals surface area contributed by atoms with E-state index in [-0.39, 0.29) is 11.2 Å². The molecule has 1 N–H and O–H groups in total. The summed E-state index contributed by atoms with van der Waals surface area (Å²) in [4.78, 5) is 10.3. The van der Waals surface area contributed by atoms with Gasteiger partial charge in [0, 0.05) is 29.8 Å². The van der Waals surface area contributed by atoms with Crippen molar-refractivity contribution < 1.29 is 9.66 Å². The fourth-order valence-electron chi connectivity index (χ4n) is 1.38. The lowest BCUT2D eigenvalue weighted by Crippen LogP contribution is -2.35. The quantitative estimate of drug-likeness (QED) is 0.646. The second-order valence-electron chi connectivity index (χ2n) is 4.86. The minimum atomic E-state index is -0.403. The van der Waals surface area contributed by atoms with Gasteiger partial charge in [0.05, 0.1) is 12.0 Å². The van der Waals surface area contributed by atoms with Crippen molar-refractivity contribution in [3.8, 4) is 5.75 Å². The van der Waals surface area contributed by atoms with Crippen molar-refractivity contribution in [2.75, 3.05) is 7.11 Å². The van der Waals surface area contributed by atoms with Gasteiger partial charge in [-0.15, -0.1) is 0 Å². The molecule has 1 rings (SSSR count). The Bertz CT molecular complexity index is 411. The number of nitro groups is 1. The van der Waals surface area contributed by atoms with Gasteiger partial charge in [-0.05, 0) is 26.8 Å². The Morgan fingerprint density at radius 2 is 2.06 bits per heavy atom. The van der Waals surface area contributed by atoms with Crippen molar-refractivity contribution in [3.63, 3.8) is 0 Å². The summed E-state index contributed by atoms with van der Waals surface area (Å²) < 4.78 is 5.18. The fraction of sp³-hybridized carbons (Fsp3) is 0.500. The Morgan fingerprint density at radius 1 is 1.41 bits per heavy atom. The highest BCUT2D eigenvalue weighted by molar-refractivity contribution is 5.43. The first-order valence-electron chi connectivity index (χ1n) is 5.40. The number of rotatable bonds is 4. The van der Waals surface area contributed by atoms with Crippen LogP contribution in [0.4, 0.5) is 5.69 Å². The van der Waals surface area contributed by atoms with Crippen LogP contribution in [0.1, 0.15) is 26.3 Å². The predicted molar refractivity (Wildman–Crippen MR) is 66.2 cm³/mol. The monoisotopic (exact) mass is 238 g/mol. The van der Waals surface area contributed by atoms with Crippen LogP contribution < -0.4 is 10.1 Å². The van der Waals surface area contributed by atoms with E-state index in [0.29, 0.717) is 12.3 Å². The fourth-order valence-corrected chi connectivity index (χ4v) is 1.38. The summed E-state index contributed by atoms with van der Waals surface area (Å²) >= 11 is 0. The Labute approximate surface area is 101 Å². The molecule has 0 aliphatic rings. The Balaban J connectivity index is 2.94. The molecule has 94 valence electrons. The first-order valence-corrected chi connectivity index (χ1v) is 5.40. The van der Waals surface area contributed by atoms with Crippen LogP contribution in [0.25, 0.3) is 0 Å². The number of methoxy groups -OCH3 is 1. The summed E-state index contributed by atoms with van der Waals surface area (Å²) in [6, 6.07) is 4.61. The highest BCUT2D eigenvalue weighted by Gasteiger charge is 2.14. The Hall–Kier alpha value is -1.62. The van der Waals surface area contributed by atoms with Gasteiger partial charge in [-0.25, -0.2) is 0 Å². The molecule has 0 saturated carbocycles. The molecule has 0 saturated heterocycles. The molecule has 0 aromatic heterocycles. The number of nitro benzene ring substituents is 1. The molecule has 0 bridgehead atoms. The van der Waals surface area contributed by atoms with Crippen LogP contribution in [-0.4, -0.2) is 17.6 Å². The number of non-ortho nitro benzene ring substituents is 1. The van der Waals surface area contributed by atoms with E-state index < -0.39 is 4.92 Å². The summed E-state index contributed by atoms with van der Waals surface area (Å²) in [5, 5.41) is 14.0. The zero-order valence-electron chi connectivity index (χ0n) is 10.6. The molecule has 1 aromatic carbocycles. The molecule has 5 heteroatoms. The van der Waals surface area contributed by atoms with Gasteiger partial charge >= 0.3 is 0 Å². The Kier molecular flexibility index (Phi) is 4.07. The van der Waals surface area contributed by atoms with E-state index in [2.05, 4.69) is 5.32 Å². The highest BCUT2D eigenvalue weighted by atomic mass is 16.6. The van der Waals surface area contributed by atoms with Crippen molar-refractivity contribution in [1.82, 2.24) is 5.32 Å². The molecule has 0 atom stereocenters. The SMILES string of the molecule is COc1ccc([N+](=O)[O-])cc1CNC(C)(C)C. The van der Waals surface area contributed by atoms with Crippen LogP contribution in [0.5, 0.6) is 5.75 Å². The van der Waals surface area contributed by atoms with Gasteiger partial charge in [0.15, 0.2) is 0 Å². The molecular formula is C12H18N2O3. The molecule has 0 fully saturated rings. The van der Waals surface area contributed by atoms with Gasteiger partial charge in [0.2, 0.25) is 0 Å². The number of hydrogen-bond donors (Lipinski definition) is 1. The summed E-state index contributed by atoms with van der Waals surface area (Å²) in [6.45, 7) is 6.65. The molecule has 0 aliphatic heterocycles. The van der Waals surface area contributed by atoms with Gasteiger partial charge in [-0.3, -0.25) is 10.1 Å². The van der Waals surface area contributed by atoms with Crippen LogP contribution in [0.15, 0.2) is 18.2 Å². The average molecular weight is 238 g/mol. The van der Waals surface area contributed by atoms with Gasteiger partial charge in [-0.2, -0.15) is 0 Å². The minimum absolute atomic E-state index is 0.0460. The third-order valence-electron chi connectivity index (χ3n) is 2.28. The molecule has 0 aliphatic carbocycles. The van der Waals surface area contributed by atoms with Crippen molar-refractivity contribution in [2.24, 2.45) is 0 Å². The van der Waals surface area contributed by atoms with E-state index in [1.807, 2.05) is 20.8 Å². The van der Waals surface area contributed by atoms with Crippen LogP contribution in [0.3, 0.4) is 0 Å². The highest BCUT2D eigenvalue weighted by Crippen LogP contribution is 2.24. The van der Waals surface area contributed by atoms with Crippen LogP contribution in [0, 0.1) is 10.1 Å². The maximum atomic E-state index is 10.7. The van der Waals surface area contributed by atoms with E-state index in [0.717, 1.165) is 5.56 Å². The van der Waals surface area contributed by atoms with Gasteiger partial charge in [0.25, 0.3) is 5.69 Å². The van der Waals surface area contributed by atoms with Crippen molar-refractivity contribution in [3.05, 3.63) is 33.9 Å². The number of ether oxygens (including phenoxy) is 1. The molecule has 0 amide bonds. The molecular weight excluding hydrogens is 220 g/mol. The molecule has 0 unspecified atom stereocenters. The van der Waals surface area contributed by atoms with Crippen LogP contribution in [-0.2, 0) is 6.54 Å². The lowest BCUT2D eigenvalue weighted by Gasteiger charge is -2.21. The molecule has 17 heavy (non-hydrogen) atoms. The van der Waals surface area contributed by atoms with Crippen molar-refractivity contribution >= 4 is 5.69 Å². The zero-order valence-corrected chi connectivity index (χ0v) is 10.6. The second-order valence-corrected chi connectivity index (χ2v) is 4.86. The number of hydrogen-bond acceptors (Lipinski definition) is 4. The molecule has 0 heterocycles. The minimum Gasteiger partial charge on any atom is -0.496 e. The maximum absolute atomic E-state index is 10.7. The number of nitrogens with one attached hydrogen (secondary N) is 1. The van der Waals surface area contributed by atoms with Crippen LogP contribution in [0.2, 0.25) is 0 Å². The predicted octanol–water partition coefficient (Wildman–Crippen LogP) is 2.49. The lowest BCUT2D eigenvalue weighted by molar-refractivity contribution is -0.384. The third-order valence-corrected chi connectivity index (χ3v) is 2.28. The second kappa shape index (κ2) is 5.14. The summed E-state index contributed by atoms with van der Waals surface area (Å²) in [5.74, 6) is 0.660. The molecule has 1 aromatic rings. The largest absolute Gasteiger partial charge is 0.496 e. The van der Waals surface area contributed by atoms with Crippen molar-refractivity contribution in [1.29, 1.82) is 0 Å². The topological polar surface area (TPSA) is 64.4 Å². The maximum Gasteiger partial charge on any atom is 0.270 e. The number of benzene rings is 1. The first kappa shape index (κ1) is 13.4. The summed E-state index contributed by atoms with van der Waals surface area (Å²) in [6.07, 6.45) is 0. The Morgan fingerprint density at radius 3 is 2.53 bits per heavy atom. The smallest absolute Gasteiger partial charge is 0.270 e. The summed E-state index contributed by atoms with van der Waals surface area (Å²) in [5.41, 5.74) is 0.823. The van der Waals surface area contributed by atoms with Gasteiger partial charge in [0.1, 0.15) is 5.75 Å². The van der Waals surface area contributed by atoms with Crippen LogP contribution >= 0.6 is 0 Å². The van der Waals surface area contributed by atoms with Crippen molar-refractivity contribution in [2.45, 2.75) is 32.9 Å². The van der Waals surface area contributed by atoms with E-state index in [1.165, 1.54) is 12.1 Å². The average Bonchev–Trinajstić information content (AvgIpc) is 2.24. The van der Waals surface area contributed by atoms with E-state index in [1.54, 1.807) is 13.2 Å². The third kappa shape index (κ3) is 4.03. The number of nitrogens with zero attached hydrogens (tertiary/aromatic N) is 1. The molecule has 0 radical (unpaired) electrons. The van der Waals surface area contributed by atoms with E-state index in [4.69, 9.17) is 4.74 Å². The van der Waals surface area contributed by atoms with Gasteiger partial charge in [-0.1, -0.05) is 0 Å². The standard InChI is InChI=1S/C12H18N2O3/c1-12(2,3)13-8-9-7-10(14(15)16)5-6-11(9)17-4/h5-7,13H,8H2,1-4H3. The molecule has 5 nitrogen and oxygen atoms in total. The normalized spacial score (nSPS) is 11.3. The van der Waals surface area contributed by atoms with Gasteiger partial charge < -0.3 is 10.1 Å².